The van der Waals surface area contributed by atoms with Crippen LogP contribution >= 0.6 is 0 Å². The second-order valence-corrected chi connectivity index (χ2v) is 5.77. The van der Waals surface area contributed by atoms with Gasteiger partial charge in [0, 0.05) is 11.6 Å². The van der Waals surface area contributed by atoms with Gasteiger partial charge in [0.15, 0.2) is 0 Å². The van der Waals surface area contributed by atoms with Crippen molar-refractivity contribution >= 4 is 11.9 Å². The molecule has 4 nitrogen and oxygen atoms in total. The number of nitrogens with zero attached hydrogens (tertiary/aromatic N) is 2. The van der Waals surface area contributed by atoms with E-state index in [1.807, 2.05) is 78.0 Å². The highest BCUT2D eigenvalue weighted by molar-refractivity contribution is 5.82. The first-order valence-corrected chi connectivity index (χ1v) is 8.42. The van der Waals surface area contributed by atoms with Gasteiger partial charge in [-0.1, -0.05) is 48.5 Å². The molecule has 0 atom stereocenters. The van der Waals surface area contributed by atoms with Crippen LogP contribution in [0.1, 0.15) is 11.1 Å². The monoisotopic (exact) mass is 346 g/mol. The Labute approximate surface area is 154 Å². The maximum Gasteiger partial charge on any atom is 0.123 e. The SMILES string of the molecule is COc1cc(/C=N/N(Cc2ccccc2)c2ccccc2)cc(OC)c1. The van der Waals surface area contributed by atoms with Crippen molar-refractivity contribution in [2.24, 2.45) is 5.10 Å². The van der Waals surface area contributed by atoms with Crippen molar-refractivity contribution in [2.45, 2.75) is 6.54 Å². The van der Waals surface area contributed by atoms with Crippen molar-refractivity contribution in [1.29, 1.82) is 0 Å². The molecule has 3 aromatic rings. The lowest BCUT2D eigenvalue weighted by molar-refractivity contribution is 0.394. The molecule has 0 aliphatic rings. The number of rotatable bonds is 7. The molecule has 0 N–H and O–H groups in total. The van der Waals surface area contributed by atoms with Gasteiger partial charge < -0.3 is 9.47 Å². The van der Waals surface area contributed by atoms with Gasteiger partial charge in [-0.05, 0) is 29.8 Å². The molecule has 3 rings (SSSR count). The molecule has 0 aliphatic carbocycles. The molecule has 0 saturated carbocycles. The van der Waals surface area contributed by atoms with E-state index in [1.54, 1.807) is 14.2 Å². The van der Waals surface area contributed by atoms with Crippen LogP contribution in [0.4, 0.5) is 5.69 Å². The van der Waals surface area contributed by atoms with E-state index in [0.717, 1.165) is 22.7 Å². The summed E-state index contributed by atoms with van der Waals surface area (Å²) in [5.74, 6) is 1.47. The number of ether oxygens (including phenoxy) is 2. The molecule has 4 heteroatoms. The van der Waals surface area contributed by atoms with Crippen molar-refractivity contribution in [3.8, 4) is 11.5 Å². The van der Waals surface area contributed by atoms with Crippen molar-refractivity contribution in [1.82, 2.24) is 0 Å². The van der Waals surface area contributed by atoms with Gasteiger partial charge in [0.05, 0.1) is 32.7 Å². The van der Waals surface area contributed by atoms with Crippen LogP contribution in [0.2, 0.25) is 0 Å². The molecule has 3 aromatic carbocycles. The third kappa shape index (κ3) is 4.63. The number of anilines is 1. The second-order valence-electron chi connectivity index (χ2n) is 5.77. The lowest BCUT2D eigenvalue weighted by atomic mass is 10.2. The largest absolute Gasteiger partial charge is 0.497 e. The Bertz CT molecular complexity index is 826. The highest BCUT2D eigenvalue weighted by Gasteiger charge is 2.06. The summed E-state index contributed by atoms with van der Waals surface area (Å²) in [6.45, 7) is 0.683. The summed E-state index contributed by atoms with van der Waals surface area (Å²) >= 11 is 0. The van der Waals surface area contributed by atoms with Gasteiger partial charge in [-0.2, -0.15) is 5.10 Å². The zero-order chi connectivity index (χ0) is 18.2. The first kappa shape index (κ1) is 17.5. The average molecular weight is 346 g/mol. The van der Waals surface area contributed by atoms with Crippen LogP contribution in [0.25, 0.3) is 0 Å². The molecule has 0 saturated heterocycles. The lowest BCUT2D eigenvalue weighted by Crippen LogP contribution is -2.16. The molecule has 0 fully saturated rings. The number of benzene rings is 3. The van der Waals surface area contributed by atoms with Gasteiger partial charge in [0.2, 0.25) is 0 Å². The summed E-state index contributed by atoms with van der Waals surface area (Å²) in [4.78, 5) is 0. The number of para-hydroxylation sites is 1. The smallest absolute Gasteiger partial charge is 0.123 e. The summed E-state index contributed by atoms with van der Waals surface area (Å²) in [5, 5.41) is 6.68. The zero-order valence-electron chi connectivity index (χ0n) is 15.0. The van der Waals surface area contributed by atoms with E-state index in [0.29, 0.717) is 6.54 Å². The molecule has 0 aromatic heterocycles. The summed E-state index contributed by atoms with van der Waals surface area (Å²) in [6, 6.07) is 26.1. The maximum atomic E-state index is 5.33. The third-order valence-corrected chi connectivity index (χ3v) is 3.95. The zero-order valence-corrected chi connectivity index (χ0v) is 15.0. The topological polar surface area (TPSA) is 34.1 Å². The number of hydrogen-bond acceptors (Lipinski definition) is 4. The van der Waals surface area contributed by atoms with Gasteiger partial charge in [-0.15, -0.1) is 0 Å². The average Bonchev–Trinajstić information content (AvgIpc) is 2.72. The summed E-state index contributed by atoms with van der Waals surface area (Å²) in [7, 11) is 3.28. The Morgan fingerprint density at radius 3 is 1.96 bits per heavy atom. The maximum absolute atomic E-state index is 5.33. The van der Waals surface area contributed by atoms with E-state index in [1.165, 1.54) is 5.56 Å². The second kappa shape index (κ2) is 8.72. The molecule has 0 heterocycles. The van der Waals surface area contributed by atoms with Gasteiger partial charge in [-0.3, -0.25) is 5.01 Å². The van der Waals surface area contributed by atoms with E-state index in [4.69, 9.17) is 14.6 Å². The fourth-order valence-corrected chi connectivity index (χ4v) is 2.60. The van der Waals surface area contributed by atoms with Crippen LogP contribution in [0.15, 0.2) is 84.0 Å². The van der Waals surface area contributed by atoms with Crippen molar-refractivity contribution in [2.75, 3.05) is 19.2 Å². The van der Waals surface area contributed by atoms with Crippen molar-refractivity contribution in [3.05, 3.63) is 90.0 Å². The normalized spacial score (nSPS) is 10.7. The summed E-state index contributed by atoms with van der Waals surface area (Å²) in [6.07, 6.45) is 1.82. The standard InChI is InChI=1S/C22H22N2O2/c1-25-21-13-19(14-22(15-21)26-2)16-23-24(20-11-7-4-8-12-20)17-18-9-5-3-6-10-18/h3-16H,17H2,1-2H3/b23-16+. The molecule has 0 radical (unpaired) electrons. The van der Waals surface area contributed by atoms with Crippen LogP contribution < -0.4 is 14.5 Å². The number of methoxy groups -OCH3 is 2. The minimum atomic E-state index is 0.683. The number of hydrazone groups is 1. The predicted molar refractivity (Wildman–Crippen MR) is 106 cm³/mol. The third-order valence-electron chi connectivity index (χ3n) is 3.95. The fourth-order valence-electron chi connectivity index (χ4n) is 2.60. The molecule has 0 aliphatic heterocycles. The van der Waals surface area contributed by atoms with Crippen LogP contribution in [-0.4, -0.2) is 20.4 Å². The van der Waals surface area contributed by atoms with Gasteiger partial charge in [-0.25, -0.2) is 0 Å². The molecule has 132 valence electrons. The van der Waals surface area contributed by atoms with Gasteiger partial charge in [0.25, 0.3) is 0 Å². The van der Waals surface area contributed by atoms with E-state index >= 15 is 0 Å². The Hall–Kier alpha value is -3.27. The molecule has 0 unspecified atom stereocenters. The molecule has 0 amide bonds. The minimum absolute atomic E-state index is 0.683. The lowest BCUT2D eigenvalue weighted by Gasteiger charge is -2.19. The molecule has 0 bridgehead atoms. The van der Waals surface area contributed by atoms with E-state index in [-0.39, 0.29) is 0 Å². The van der Waals surface area contributed by atoms with Crippen LogP contribution in [-0.2, 0) is 6.54 Å². The Morgan fingerprint density at radius 1 is 0.808 bits per heavy atom. The predicted octanol–water partition coefficient (Wildman–Crippen LogP) is 4.74. The molecule has 0 spiro atoms. The molecular formula is C22H22N2O2. The quantitative estimate of drug-likeness (QED) is 0.457. The summed E-state index contributed by atoms with van der Waals surface area (Å²) in [5.41, 5.74) is 3.13. The Kier molecular flexibility index (Phi) is 5.88. The fraction of sp³-hybridized carbons (Fsp3) is 0.136. The first-order valence-electron chi connectivity index (χ1n) is 8.42. The number of hydrogen-bond donors (Lipinski definition) is 0. The van der Waals surface area contributed by atoms with E-state index in [9.17, 15) is 0 Å². The highest BCUT2D eigenvalue weighted by Crippen LogP contribution is 2.22. The Morgan fingerprint density at radius 2 is 1.38 bits per heavy atom. The minimum Gasteiger partial charge on any atom is -0.497 e. The van der Waals surface area contributed by atoms with Crippen molar-refractivity contribution in [3.63, 3.8) is 0 Å². The highest BCUT2D eigenvalue weighted by atomic mass is 16.5. The van der Waals surface area contributed by atoms with E-state index < -0.39 is 0 Å². The first-order chi connectivity index (χ1) is 12.8. The van der Waals surface area contributed by atoms with Gasteiger partial charge >= 0.3 is 0 Å². The summed E-state index contributed by atoms with van der Waals surface area (Å²) < 4.78 is 10.7. The molecule has 26 heavy (non-hydrogen) atoms. The van der Waals surface area contributed by atoms with Crippen LogP contribution in [0.3, 0.4) is 0 Å². The van der Waals surface area contributed by atoms with Crippen LogP contribution in [0.5, 0.6) is 11.5 Å². The Balaban J connectivity index is 1.89. The van der Waals surface area contributed by atoms with Gasteiger partial charge in [0.1, 0.15) is 11.5 Å². The van der Waals surface area contributed by atoms with Crippen LogP contribution in [0, 0.1) is 0 Å². The van der Waals surface area contributed by atoms with E-state index in [2.05, 4.69) is 12.1 Å². The molecular weight excluding hydrogens is 324 g/mol. The van der Waals surface area contributed by atoms with Crippen molar-refractivity contribution < 1.29 is 9.47 Å².